The molecule has 0 radical (unpaired) electrons. The van der Waals surface area contributed by atoms with E-state index < -0.39 is 23.4 Å². The number of hydrogen-bond donors (Lipinski definition) is 0. The van der Waals surface area contributed by atoms with Gasteiger partial charge in [-0.3, -0.25) is 0 Å². The minimum atomic E-state index is -0.869. The van der Waals surface area contributed by atoms with Gasteiger partial charge in [-0.2, -0.15) is 4.90 Å². The third-order valence-electron chi connectivity index (χ3n) is 2.26. The fourth-order valence-corrected chi connectivity index (χ4v) is 1.90. The van der Waals surface area contributed by atoms with E-state index in [1.54, 1.807) is 48.5 Å². The molecule has 7 nitrogen and oxygen atoms in total. The maximum atomic E-state index is 12.4. The first-order valence-electron chi connectivity index (χ1n) is 7.05. The van der Waals surface area contributed by atoms with E-state index in [0.717, 1.165) is 4.90 Å². The van der Waals surface area contributed by atoms with Crippen molar-refractivity contribution < 1.29 is 19.1 Å². The molecule has 0 aliphatic rings. The summed E-state index contributed by atoms with van der Waals surface area (Å²) in [4.78, 5) is 33.9. The molecule has 0 N–H and O–H groups in total. The zero-order valence-corrected chi connectivity index (χ0v) is 16.0. The predicted octanol–water partition coefficient (Wildman–Crippen LogP) is 4.22. The Hall–Kier alpha value is -1.70. The maximum absolute atomic E-state index is 12.4. The molecule has 1 rings (SSSR count). The lowest BCUT2D eigenvalue weighted by Crippen LogP contribution is -2.44. The van der Waals surface area contributed by atoms with Crippen molar-refractivity contribution in [2.45, 2.75) is 59.7 Å². The molecule has 1 aromatic rings. The first-order valence-corrected chi connectivity index (χ1v) is 7.85. The van der Waals surface area contributed by atoms with Gasteiger partial charge in [0.2, 0.25) is 0 Å². The van der Waals surface area contributed by atoms with Crippen molar-refractivity contribution in [1.29, 1.82) is 0 Å². The van der Waals surface area contributed by atoms with Crippen molar-refractivity contribution in [1.82, 2.24) is 9.97 Å². The number of amides is 2. The van der Waals surface area contributed by atoms with Crippen LogP contribution in [0.2, 0.25) is 0 Å². The van der Waals surface area contributed by atoms with Gasteiger partial charge in [0.25, 0.3) is 0 Å². The lowest BCUT2D eigenvalue weighted by molar-refractivity contribution is 0.0428. The third kappa shape index (κ3) is 6.13. The van der Waals surface area contributed by atoms with Crippen LogP contribution in [0.4, 0.5) is 15.4 Å². The molecular formula is C15H22BrN3O4. The predicted molar refractivity (Wildman–Crippen MR) is 89.4 cm³/mol. The van der Waals surface area contributed by atoms with Crippen LogP contribution in [0.5, 0.6) is 0 Å². The Balaban J connectivity index is 3.25. The normalized spacial score (nSPS) is 11.8. The van der Waals surface area contributed by atoms with Gasteiger partial charge < -0.3 is 9.47 Å². The van der Waals surface area contributed by atoms with Crippen LogP contribution in [-0.4, -0.2) is 33.4 Å². The lowest BCUT2D eigenvalue weighted by atomic mass is 10.2. The van der Waals surface area contributed by atoms with Crippen LogP contribution < -0.4 is 4.90 Å². The van der Waals surface area contributed by atoms with Crippen LogP contribution in [0.1, 0.15) is 47.2 Å². The van der Waals surface area contributed by atoms with E-state index in [-0.39, 0.29) is 5.82 Å². The van der Waals surface area contributed by atoms with E-state index in [0.29, 0.717) is 10.3 Å². The molecule has 0 aromatic carbocycles. The molecule has 0 aliphatic heterocycles. The second-order valence-electron chi connectivity index (χ2n) is 6.90. The highest BCUT2D eigenvalue weighted by Gasteiger charge is 2.34. The number of anilines is 1. The van der Waals surface area contributed by atoms with Crippen LogP contribution in [0, 0.1) is 6.92 Å². The Morgan fingerprint density at radius 3 is 1.83 bits per heavy atom. The quantitative estimate of drug-likeness (QED) is 0.716. The zero-order chi connectivity index (χ0) is 18.0. The molecule has 0 saturated carbocycles. The Morgan fingerprint density at radius 1 is 1.04 bits per heavy atom. The highest BCUT2D eigenvalue weighted by Crippen LogP contribution is 2.23. The fourth-order valence-electron chi connectivity index (χ4n) is 1.53. The number of hydrogen-bond acceptors (Lipinski definition) is 6. The van der Waals surface area contributed by atoms with Gasteiger partial charge in [-0.15, -0.1) is 0 Å². The van der Waals surface area contributed by atoms with Crippen LogP contribution in [0.25, 0.3) is 0 Å². The lowest BCUT2D eigenvalue weighted by Gasteiger charge is -2.28. The first-order chi connectivity index (χ1) is 10.3. The van der Waals surface area contributed by atoms with Gasteiger partial charge in [0.05, 0.1) is 11.9 Å². The molecule has 128 valence electrons. The number of ether oxygens (including phenoxy) is 2. The summed E-state index contributed by atoms with van der Waals surface area (Å²) in [5.41, 5.74) is -1.15. The molecule has 0 aliphatic carbocycles. The second kappa shape index (κ2) is 6.82. The molecule has 0 spiro atoms. The number of aryl methyl sites for hydroxylation is 1. The van der Waals surface area contributed by atoms with Crippen molar-refractivity contribution in [3.63, 3.8) is 0 Å². The van der Waals surface area contributed by atoms with Crippen LogP contribution in [0.15, 0.2) is 10.8 Å². The molecule has 23 heavy (non-hydrogen) atoms. The van der Waals surface area contributed by atoms with E-state index in [2.05, 4.69) is 25.9 Å². The highest BCUT2D eigenvalue weighted by molar-refractivity contribution is 9.10. The average Bonchev–Trinajstić information content (AvgIpc) is 2.27. The van der Waals surface area contributed by atoms with Gasteiger partial charge in [0.1, 0.15) is 15.8 Å². The number of halogens is 1. The molecule has 0 saturated heterocycles. The minimum Gasteiger partial charge on any atom is -0.443 e. The van der Waals surface area contributed by atoms with E-state index in [9.17, 15) is 9.59 Å². The fraction of sp³-hybridized carbons (Fsp3) is 0.600. The summed E-state index contributed by atoms with van der Waals surface area (Å²) < 4.78 is 11.1. The van der Waals surface area contributed by atoms with Gasteiger partial charge >= 0.3 is 12.2 Å². The molecular weight excluding hydrogens is 366 g/mol. The number of rotatable bonds is 1. The van der Waals surface area contributed by atoms with Crippen LogP contribution in [-0.2, 0) is 9.47 Å². The topological polar surface area (TPSA) is 81.6 Å². The molecule has 8 heteroatoms. The van der Waals surface area contributed by atoms with Gasteiger partial charge in [-0.1, -0.05) is 0 Å². The van der Waals surface area contributed by atoms with Crippen molar-refractivity contribution in [3.8, 4) is 0 Å². The van der Waals surface area contributed by atoms with Crippen molar-refractivity contribution >= 4 is 33.9 Å². The molecule has 0 fully saturated rings. The maximum Gasteiger partial charge on any atom is 0.425 e. The average molecular weight is 388 g/mol. The second-order valence-corrected chi connectivity index (χ2v) is 7.71. The Kier molecular flexibility index (Phi) is 5.74. The SMILES string of the molecule is Cc1nc(Br)cnc1N(C(=O)OC(C)(C)C)C(=O)OC(C)(C)C. The summed E-state index contributed by atoms with van der Waals surface area (Å²) in [6, 6.07) is 0. The number of carbonyl (C=O) groups excluding carboxylic acids is 2. The van der Waals surface area contributed by atoms with Crippen LogP contribution in [0.3, 0.4) is 0 Å². The number of imide groups is 1. The summed E-state index contributed by atoms with van der Waals surface area (Å²) >= 11 is 3.19. The van der Waals surface area contributed by atoms with Crippen molar-refractivity contribution in [3.05, 3.63) is 16.5 Å². The summed E-state index contributed by atoms with van der Waals surface area (Å²) in [5.74, 6) is 0.0664. The van der Waals surface area contributed by atoms with Gasteiger partial charge in [0, 0.05) is 0 Å². The Morgan fingerprint density at radius 2 is 1.48 bits per heavy atom. The summed E-state index contributed by atoms with van der Waals surface area (Å²) in [7, 11) is 0. The summed E-state index contributed by atoms with van der Waals surface area (Å²) in [6.07, 6.45) is -0.345. The van der Waals surface area contributed by atoms with Crippen LogP contribution >= 0.6 is 15.9 Å². The number of carbonyl (C=O) groups is 2. The third-order valence-corrected chi connectivity index (χ3v) is 2.64. The summed E-state index contributed by atoms with van der Waals surface area (Å²) in [5, 5.41) is 0. The van der Waals surface area contributed by atoms with E-state index in [1.807, 2.05) is 0 Å². The van der Waals surface area contributed by atoms with Gasteiger partial charge in [-0.25, -0.2) is 19.6 Å². The first kappa shape index (κ1) is 19.3. The van der Waals surface area contributed by atoms with Crippen molar-refractivity contribution in [2.24, 2.45) is 0 Å². The number of nitrogens with zero attached hydrogens (tertiary/aromatic N) is 3. The Labute approximate surface area is 144 Å². The molecule has 0 atom stereocenters. The van der Waals surface area contributed by atoms with Gasteiger partial charge in [-0.05, 0) is 64.4 Å². The largest absolute Gasteiger partial charge is 0.443 e. The highest BCUT2D eigenvalue weighted by atomic mass is 79.9. The molecule has 1 heterocycles. The smallest absolute Gasteiger partial charge is 0.425 e. The Bertz CT molecular complexity index is 578. The monoisotopic (exact) mass is 387 g/mol. The minimum absolute atomic E-state index is 0.0664. The van der Waals surface area contributed by atoms with Crippen molar-refractivity contribution in [2.75, 3.05) is 4.90 Å². The van der Waals surface area contributed by atoms with Gasteiger partial charge in [0.15, 0.2) is 5.82 Å². The standard InChI is InChI=1S/C15H22BrN3O4/c1-9-11(17-8-10(16)18-9)19(12(20)22-14(2,3)4)13(21)23-15(5,6)7/h8H,1-7H3. The molecule has 0 bridgehead atoms. The molecule has 0 unspecified atom stereocenters. The van der Waals surface area contributed by atoms with E-state index >= 15 is 0 Å². The van der Waals surface area contributed by atoms with E-state index in [1.165, 1.54) is 6.20 Å². The van der Waals surface area contributed by atoms with E-state index in [4.69, 9.17) is 9.47 Å². The zero-order valence-electron chi connectivity index (χ0n) is 14.4. The number of aromatic nitrogens is 2. The summed E-state index contributed by atoms with van der Waals surface area (Å²) in [6.45, 7) is 11.9. The molecule has 1 aromatic heterocycles. The molecule has 2 amide bonds.